The molecule has 1 amide bonds. The predicted octanol–water partition coefficient (Wildman–Crippen LogP) is 5.79. The van der Waals surface area contributed by atoms with Gasteiger partial charge in [-0.15, -0.1) is 0 Å². The van der Waals surface area contributed by atoms with Crippen LogP contribution in [0, 0.1) is 5.82 Å². The summed E-state index contributed by atoms with van der Waals surface area (Å²) in [6, 6.07) is 15.9. The van der Waals surface area contributed by atoms with E-state index in [4.69, 9.17) is 19.3 Å². The van der Waals surface area contributed by atoms with Crippen molar-refractivity contribution in [3.8, 4) is 28.6 Å². The average Bonchev–Trinajstić information content (AvgIpc) is 3.48. The maximum Gasteiger partial charge on any atom is 0.398 e. The zero-order chi connectivity index (χ0) is 36.1. The second-order valence-corrected chi connectivity index (χ2v) is 14.4. The number of amides is 1. The van der Waals surface area contributed by atoms with Crippen LogP contribution in [-0.2, 0) is 17.6 Å². The van der Waals surface area contributed by atoms with Crippen LogP contribution in [0.15, 0.2) is 72.9 Å². The first-order valence-electron chi connectivity index (χ1n) is 15.6. The van der Waals surface area contributed by atoms with Crippen LogP contribution in [-0.4, -0.2) is 62.5 Å². The highest BCUT2D eigenvalue weighted by Gasteiger charge is 2.44. The van der Waals surface area contributed by atoms with Crippen LogP contribution in [0.4, 0.5) is 17.6 Å². The molecule has 3 atom stereocenters. The Balaban J connectivity index is 1.47. The van der Waals surface area contributed by atoms with E-state index in [1.807, 2.05) is 6.07 Å². The molecule has 2 aromatic carbocycles. The van der Waals surface area contributed by atoms with E-state index < -0.39 is 57.8 Å². The largest absolute Gasteiger partial charge is 0.489 e. The minimum Gasteiger partial charge on any atom is -0.489 e. The molecule has 1 aliphatic rings. The van der Waals surface area contributed by atoms with Crippen LogP contribution in [0.1, 0.15) is 59.9 Å². The molecule has 266 valence electrons. The smallest absolute Gasteiger partial charge is 0.398 e. The zero-order valence-corrected chi connectivity index (χ0v) is 28.2. The number of pyridine rings is 2. The number of carbonyl (C=O) groups excluding carboxylic acids is 1. The first-order valence-corrected chi connectivity index (χ1v) is 16.8. The van der Waals surface area contributed by atoms with E-state index in [1.54, 1.807) is 45.0 Å². The van der Waals surface area contributed by atoms with Crippen LogP contribution < -0.4 is 24.2 Å². The third-order valence-corrected chi connectivity index (χ3v) is 9.21. The van der Waals surface area contributed by atoms with Crippen LogP contribution in [0.5, 0.6) is 17.4 Å². The zero-order valence-electron chi connectivity index (χ0n) is 27.4. The van der Waals surface area contributed by atoms with E-state index in [1.165, 1.54) is 24.3 Å². The van der Waals surface area contributed by atoms with E-state index in [2.05, 4.69) is 20.0 Å². The van der Waals surface area contributed by atoms with Crippen molar-refractivity contribution in [1.29, 1.82) is 0 Å². The number of halogens is 4. The van der Waals surface area contributed by atoms with Crippen molar-refractivity contribution in [1.82, 2.24) is 20.0 Å². The fraction of sp³-hybridized carbons (Fsp3) is 0.343. The Kier molecular flexibility index (Phi) is 11.4. The molecule has 0 saturated carbocycles. The molecule has 2 aromatic heterocycles. The average molecular weight is 717 g/mol. The Hall–Kier alpha value is -4.60. The quantitative estimate of drug-likeness (QED) is 0.148. The molecule has 0 spiro atoms. The van der Waals surface area contributed by atoms with Crippen LogP contribution in [0.3, 0.4) is 0 Å². The van der Waals surface area contributed by atoms with Crippen LogP contribution in [0.2, 0.25) is 0 Å². The molecule has 0 radical (unpaired) electrons. The van der Waals surface area contributed by atoms with Crippen molar-refractivity contribution in [3.05, 3.63) is 101 Å². The molecule has 1 aliphatic heterocycles. The van der Waals surface area contributed by atoms with E-state index in [9.17, 15) is 26.6 Å². The summed E-state index contributed by atoms with van der Waals surface area (Å²) in [6.07, 6.45) is -3.76. The molecular formula is C35H36F4N4O6S. The molecule has 15 heteroatoms. The highest BCUT2D eigenvalue weighted by atomic mass is 32.2. The minimum atomic E-state index is -4.88. The molecule has 0 aliphatic carbocycles. The Morgan fingerprint density at radius 1 is 1.08 bits per heavy atom. The molecule has 3 heterocycles. The van der Waals surface area contributed by atoms with Crippen molar-refractivity contribution in [2.45, 2.75) is 50.3 Å². The standard InChI is InChI=1S/C35H36F4N4O6S/c1-34(2,3)50(46)43-28-20-49-32-24(28)15-27(42-31(32)22-9-11-23(36)12-10-22)26(35(37,38)39)18-41-33(45)25-17-40-30(47-14-13-44)16-29(25)48-19-21-7-5-4-6-8-21/h4-12,15-17,26,28,43-44H,13-14,18-20H2,1-3H3,(H,41,45). The normalized spacial score (nSPS) is 15.5. The number of hydrogen-bond acceptors (Lipinski definition) is 8. The first kappa shape index (κ1) is 36.7. The van der Waals surface area contributed by atoms with Crippen molar-refractivity contribution < 1.29 is 45.9 Å². The molecule has 3 N–H and O–H groups in total. The van der Waals surface area contributed by atoms with Gasteiger partial charge in [-0.1, -0.05) is 30.3 Å². The molecule has 50 heavy (non-hydrogen) atoms. The van der Waals surface area contributed by atoms with Gasteiger partial charge < -0.3 is 24.6 Å². The topological polar surface area (TPSA) is 132 Å². The van der Waals surface area contributed by atoms with Crippen LogP contribution in [0.25, 0.3) is 11.3 Å². The van der Waals surface area contributed by atoms with Gasteiger partial charge in [0.2, 0.25) is 5.88 Å². The summed E-state index contributed by atoms with van der Waals surface area (Å²) in [5.74, 6) is -3.51. The van der Waals surface area contributed by atoms with Crippen molar-refractivity contribution in [2.24, 2.45) is 0 Å². The second-order valence-electron chi connectivity index (χ2n) is 12.4. The molecule has 3 unspecified atom stereocenters. The number of benzene rings is 2. The first-order chi connectivity index (χ1) is 23.7. The van der Waals surface area contributed by atoms with Gasteiger partial charge in [-0.2, -0.15) is 13.2 Å². The number of rotatable bonds is 13. The van der Waals surface area contributed by atoms with E-state index >= 15 is 0 Å². The molecule has 0 saturated heterocycles. The molecule has 4 aromatic rings. The number of aliphatic hydroxyl groups is 1. The Morgan fingerprint density at radius 2 is 1.80 bits per heavy atom. The van der Waals surface area contributed by atoms with Crippen molar-refractivity contribution in [3.63, 3.8) is 0 Å². The monoisotopic (exact) mass is 716 g/mol. The van der Waals surface area contributed by atoms with Crippen LogP contribution >= 0.6 is 0 Å². The number of aromatic nitrogens is 2. The van der Waals surface area contributed by atoms with Gasteiger partial charge in [-0.3, -0.25) is 4.79 Å². The number of nitrogens with one attached hydrogen (secondary N) is 2. The molecular weight excluding hydrogens is 680 g/mol. The van der Waals surface area contributed by atoms with Gasteiger partial charge in [0.05, 0.1) is 39.6 Å². The third-order valence-electron chi connectivity index (χ3n) is 7.60. The number of hydrogen-bond donors (Lipinski definition) is 3. The summed E-state index contributed by atoms with van der Waals surface area (Å²) in [5.41, 5.74) is 0.848. The van der Waals surface area contributed by atoms with Crippen molar-refractivity contribution in [2.75, 3.05) is 26.4 Å². The third kappa shape index (κ3) is 8.94. The fourth-order valence-corrected chi connectivity index (χ4v) is 5.78. The maximum atomic E-state index is 14.8. The van der Waals surface area contributed by atoms with Gasteiger partial charge in [0.1, 0.15) is 43.0 Å². The highest BCUT2D eigenvalue weighted by molar-refractivity contribution is 7.84. The van der Waals surface area contributed by atoms with E-state index in [0.29, 0.717) is 11.1 Å². The summed E-state index contributed by atoms with van der Waals surface area (Å²) in [6.45, 7) is 3.98. The Labute approximate surface area is 288 Å². The van der Waals surface area contributed by atoms with Gasteiger partial charge in [-0.05, 0) is 56.7 Å². The van der Waals surface area contributed by atoms with E-state index in [-0.39, 0.29) is 55.1 Å². The predicted molar refractivity (Wildman–Crippen MR) is 178 cm³/mol. The minimum absolute atomic E-state index is 0.00465. The van der Waals surface area contributed by atoms with Gasteiger partial charge in [0.15, 0.2) is 5.75 Å². The summed E-state index contributed by atoms with van der Waals surface area (Å²) in [7, 11) is -1.59. The molecule has 10 nitrogen and oxygen atoms in total. The van der Waals surface area contributed by atoms with E-state index in [0.717, 1.165) is 23.9 Å². The molecule has 5 rings (SSSR count). The van der Waals surface area contributed by atoms with Gasteiger partial charge in [0.25, 0.3) is 5.91 Å². The maximum absolute atomic E-state index is 14.8. The lowest BCUT2D eigenvalue weighted by atomic mass is 9.97. The van der Waals surface area contributed by atoms with Gasteiger partial charge in [0, 0.05) is 29.9 Å². The van der Waals surface area contributed by atoms with Gasteiger partial charge in [-0.25, -0.2) is 23.3 Å². The van der Waals surface area contributed by atoms with Gasteiger partial charge >= 0.3 is 6.18 Å². The SMILES string of the molecule is CC(C)(C)S(=O)NC1COc2c1cc(C(CNC(=O)c1cnc(OCCO)cc1OCc1ccccc1)C(F)(F)F)nc2-c1ccc(F)cc1. The van der Waals surface area contributed by atoms with Crippen molar-refractivity contribution >= 4 is 16.9 Å². The lowest BCUT2D eigenvalue weighted by Gasteiger charge is -2.24. The second kappa shape index (κ2) is 15.5. The summed E-state index contributed by atoms with van der Waals surface area (Å²) in [4.78, 5) is 21.8. The lowest BCUT2D eigenvalue weighted by Crippen LogP contribution is -2.37. The number of fused-ring (bicyclic) bond motifs is 1. The number of nitrogens with zero attached hydrogens (tertiary/aromatic N) is 2. The lowest BCUT2D eigenvalue weighted by molar-refractivity contribution is -0.149. The number of aliphatic hydroxyl groups excluding tert-OH is 1. The summed E-state index contributed by atoms with van der Waals surface area (Å²) >= 11 is 0. The fourth-order valence-electron chi connectivity index (χ4n) is 4.98. The molecule has 0 bridgehead atoms. The Bertz CT molecular complexity index is 1820. The summed E-state index contributed by atoms with van der Waals surface area (Å²) < 4.78 is 90.5. The number of carbonyl (C=O) groups is 1. The molecule has 0 fully saturated rings. The number of alkyl halides is 3. The number of ether oxygens (including phenoxy) is 3. The Morgan fingerprint density at radius 3 is 2.46 bits per heavy atom. The summed E-state index contributed by atoms with van der Waals surface area (Å²) in [5, 5.41) is 11.5. The highest BCUT2D eigenvalue weighted by Crippen LogP contribution is 2.44.